The van der Waals surface area contributed by atoms with E-state index in [1.54, 1.807) is 22.3 Å². The molecule has 40 heavy (non-hydrogen) atoms. The van der Waals surface area contributed by atoms with Crippen molar-refractivity contribution in [2.45, 2.75) is 42.6 Å². The smallest absolute Gasteiger partial charge is 0.278 e. The quantitative estimate of drug-likeness (QED) is 0.346. The molecule has 2 atom stereocenters. The highest BCUT2D eigenvalue weighted by atomic mass is 32.2. The summed E-state index contributed by atoms with van der Waals surface area (Å²) in [5.74, 6) is -2.41. The third-order valence-electron chi connectivity index (χ3n) is 7.88. The van der Waals surface area contributed by atoms with Crippen molar-refractivity contribution < 1.29 is 23.4 Å². The SMILES string of the molecule is CC(C)c1cc2ccc3c(c2s1)SCc1c(ccc(F)c1F)[C@@H]3N1C2COCCN2C(=O)c2c(O)c(=O)ccn21. The highest BCUT2D eigenvalue weighted by Crippen LogP contribution is 2.49. The summed E-state index contributed by atoms with van der Waals surface area (Å²) in [7, 11) is 0. The van der Waals surface area contributed by atoms with Gasteiger partial charge in [0.05, 0.1) is 19.3 Å². The van der Waals surface area contributed by atoms with Gasteiger partial charge in [-0.3, -0.25) is 19.3 Å². The molecule has 1 saturated heterocycles. The summed E-state index contributed by atoms with van der Waals surface area (Å²) in [5.41, 5.74) is 0.829. The number of hydrogen-bond donors (Lipinski definition) is 1. The van der Waals surface area contributed by atoms with Gasteiger partial charge < -0.3 is 14.7 Å². The summed E-state index contributed by atoms with van der Waals surface area (Å²) in [6.07, 6.45) is 0.835. The Bertz CT molecular complexity index is 1770. The van der Waals surface area contributed by atoms with Gasteiger partial charge in [-0.25, -0.2) is 8.78 Å². The number of morpholine rings is 1. The Balaban J connectivity index is 1.55. The molecular formula is C29H25F2N3O4S2. The van der Waals surface area contributed by atoms with Crippen LogP contribution in [0.4, 0.5) is 8.78 Å². The molecule has 0 saturated carbocycles. The van der Waals surface area contributed by atoms with E-state index in [1.165, 1.54) is 33.6 Å². The third-order valence-corrected chi connectivity index (χ3v) is 10.6. The first-order valence-electron chi connectivity index (χ1n) is 13.0. The van der Waals surface area contributed by atoms with Gasteiger partial charge in [0.2, 0.25) is 5.43 Å². The Hall–Kier alpha value is -3.41. The summed E-state index contributed by atoms with van der Waals surface area (Å²) in [6, 6.07) is 9.47. The van der Waals surface area contributed by atoms with E-state index in [-0.39, 0.29) is 30.2 Å². The van der Waals surface area contributed by atoms with Gasteiger partial charge >= 0.3 is 0 Å². The summed E-state index contributed by atoms with van der Waals surface area (Å²) < 4.78 is 38.4. The van der Waals surface area contributed by atoms with Crippen molar-refractivity contribution in [3.05, 3.63) is 91.7 Å². The van der Waals surface area contributed by atoms with E-state index in [0.717, 1.165) is 26.6 Å². The topological polar surface area (TPSA) is 75.0 Å². The number of amides is 1. The molecule has 2 aromatic carbocycles. The number of nitrogens with zero attached hydrogens (tertiary/aromatic N) is 3. The van der Waals surface area contributed by atoms with Crippen LogP contribution in [0.15, 0.2) is 52.3 Å². The second-order valence-corrected chi connectivity index (χ2v) is 12.6. The number of carbonyl (C=O) groups excluding carboxylic acids is 1. The largest absolute Gasteiger partial charge is 0.502 e. The van der Waals surface area contributed by atoms with E-state index >= 15 is 4.39 Å². The van der Waals surface area contributed by atoms with Crippen LogP contribution in [0.25, 0.3) is 10.1 Å². The first kappa shape index (κ1) is 25.6. The minimum atomic E-state index is -0.925. The first-order valence-corrected chi connectivity index (χ1v) is 14.8. The molecule has 206 valence electrons. The van der Waals surface area contributed by atoms with Crippen molar-refractivity contribution in [1.82, 2.24) is 9.58 Å². The molecule has 11 heteroatoms. The Kier molecular flexibility index (Phi) is 5.95. The molecule has 7 rings (SSSR count). The average molecular weight is 582 g/mol. The van der Waals surface area contributed by atoms with E-state index in [4.69, 9.17) is 4.74 Å². The van der Waals surface area contributed by atoms with Crippen LogP contribution in [0.3, 0.4) is 0 Å². The number of pyridine rings is 1. The number of aromatic nitrogens is 1. The highest BCUT2D eigenvalue weighted by molar-refractivity contribution is 7.99. The van der Waals surface area contributed by atoms with Crippen molar-refractivity contribution in [1.29, 1.82) is 0 Å². The lowest BCUT2D eigenvalue weighted by Crippen LogP contribution is -2.66. The molecule has 1 amide bonds. The maximum Gasteiger partial charge on any atom is 0.278 e. The maximum absolute atomic E-state index is 15.5. The number of fused-ring (bicyclic) bond motifs is 6. The molecule has 5 heterocycles. The van der Waals surface area contributed by atoms with Crippen LogP contribution >= 0.6 is 23.1 Å². The minimum absolute atomic E-state index is 0.160. The number of ether oxygens (including phenoxy) is 1. The molecule has 3 aliphatic rings. The van der Waals surface area contributed by atoms with Gasteiger partial charge in [-0.05, 0) is 34.6 Å². The van der Waals surface area contributed by atoms with Gasteiger partial charge in [0.15, 0.2) is 23.1 Å². The predicted molar refractivity (Wildman–Crippen MR) is 150 cm³/mol. The van der Waals surface area contributed by atoms with Gasteiger partial charge in [-0.2, -0.15) is 0 Å². The second-order valence-electron chi connectivity index (χ2n) is 10.5. The highest BCUT2D eigenvalue weighted by Gasteiger charge is 2.46. The Morgan fingerprint density at radius 2 is 1.90 bits per heavy atom. The number of rotatable bonds is 2. The fourth-order valence-electron chi connectivity index (χ4n) is 5.90. The molecular weight excluding hydrogens is 556 g/mol. The zero-order chi connectivity index (χ0) is 27.9. The van der Waals surface area contributed by atoms with Crippen molar-refractivity contribution in [2.75, 3.05) is 24.8 Å². The third kappa shape index (κ3) is 3.64. The fraction of sp³-hybridized carbons (Fsp3) is 0.310. The van der Waals surface area contributed by atoms with Crippen molar-refractivity contribution in [2.24, 2.45) is 0 Å². The molecule has 0 spiro atoms. The van der Waals surface area contributed by atoms with E-state index in [2.05, 4.69) is 19.9 Å². The molecule has 0 radical (unpaired) electrons. The van der Waals surface area contributed by atoms with Gasteiger partial charge in [0, 0.05) is 44.6 Å². The fourth-order valence-corrected chi connectivity index (χ4v) is 8.49. The average Bonchev–Trinajstić information content (AvgIpc) is 3.32. The number of benzene rings is 2. The standard InChI is InChI=1S/C29H25F2N3O4S2/c1-14(2)21-11-15-3-4-17-24(16-5-6-19(30)23(31)18(16)13-39-28(17)27(15)40-21)34-22-12-38-10-9-32(22)29(37)25-26(36)20(35)7-8-33(25)34/h3-8,11,14,22,24,36H,9-10,12-13H2,1-2H3/t22?,24-/m0/s1. The van der Waals surface area contributed by atoms with E-state index in [9.17, 15) is 19.1 Å². The van der Waals surface area contributed by atoms with Gasteiger partial charge in [0.1, 0.15) is 6.17 Å². The number of carbonyl (C=O) groups is 1. The van der Waals surface area contributed by atoms with Crippen LogP contribution in [0.1, 0.15) is 57.9 Å². The van der Waals surface area contributed by atoms with Crippen LogP contribution in [0.5, 0.6) is 5.75 Å². The lowest BCUT2D eigenvalue weighted by molar-refractivity contribution is -0.0197. The molecule has 4 aromatic rings. The van der Waals surface area contributed by atoms with Gasteiger partial charge in [0.25, 0.3) is 5.91 Å². The number of hydrogen-bond acceptors (Lipinski definition) is 7. The zero-order valence-electron chi connectivity index (χ0n) is 21.7. The summed E-state index contributed by atoms with van der Waals surface area (Å²) >= 11 is 3.16. The van der Waals surface area contributed by atoms with Crippen LogP contribution in [-0.2, 0) is 10.5 Å². The van der Waals surface area contributed by atoms with Gasteiger partial charge in [-0.15, -0.1) is 23.1 Å². The van der Waals surface area contributed by atoms with Crippen LogP contribution in [-0.4, -0.2) is 46.5 Å². The van der Waals surface area contributed by atoms with Crippen molar-refractivity contribution in [3.63, 3.8) is 0 Å². The number of thioether (sulfide) groups is 1. The Labute approximate surface area is 236 Å². The number of aromatic hydroxyl groups is 1. The minimum Gasteiger partial charge on any atom is -0.502 e. The number of halogens is 2. The molecule has 1 fully saturated rings. The normalized spacial score (nSPS) is 20.3. The zero-order valence-corrected chi connectivity index (χ0v) is 23.3. The van der Waals surface area contributed by atoms with Crippen LogP contribution in [0.2, 0.25) is 0 Å². The Morgan fingerprint density at radius 1 is 1.10 bits per heavy atom. The van der Waals surface area contributed by atoms with E-state index in [1.807, 2.05) is 17.1 Å². The lowest BCUT2D eigenvalue weighted by atomic mass is 9.92. The molecule has 3 aliphatic heterocycles. The van der Waals surface area contributed by atoms with E-state index in [0.29, 0.717) is 18.1 Å². The molecule has 2 aromatic heterocycles. The molecule has 1 N–H and O–H groups in total. The van der Waals surface area contributed by atoms with Gasteiger partial charge in [-0.1, -0.05) is 32.0 Å². The van der Waals surface area contributed by atoms with Crippen LogP contribution in [0, 0.1) is 11.6 Å². The number of thiophene rings is 1. The Morgan fingerprint density at radius 3 is 2.70 bits per heavy atom. The van der Waals surface area contributed by atoms with Crippen molar-refractivity contribution >= 4 is 39.1 Å². The van der Waals surface area contributed by atoms with Crippen molar-refractivity contribution in [3.8, 4) is 5.75 Å². The second kappa shape index (κ2) is 9.32. The summed E-state index contributed by atoms with van der Waals surface area (Å²) in [6.45, 7) is 4.99. The summed E-state index contributed by atoms with van der Waals surface area (Å²) in [5, 5.41) is 13.7. The van der Waals surface area contributed by atoms with E-state index < -0.39 is 40.9 Å². The first-order chi connectivity index (χ1) is 19.3. The van der Waals surface area contributed by atoms with Crippen LogP contribution < -0.4 is 10.4 Å². The molecule has 1 unspecified atom stereocenters. The monoisotopic (exact) mass is 581 g/mol. The molecule has 7 nitrogen and oxygen atoms in total. The maximum atomic E-state index is 15.5. The lowest BCUT2D eigenvalue weighted by Gasteiger charge is -2.51. The molecule has 0 bridgehead atoms. The summed E-state index contributed by atoms with van der Waals surface area (Å²) in [4.78, 5) is 29.8. The molecule has 0 aliphatic carbocycles. The predicted octanol–water partition coefficient (Wildman–Crippen LogP) is 5.32.